The molecule has 0 saturated heterocycles. The summed E-state index contributed by atoms with van der Waals surface area (Å²) >= 11 is 17.6. The first-order valence-corrected chi connectivity index (χ1v) is 5.90. The Morgan fingerprint density at radius 2 is 1.79 bits per heavy atom. The fourth-order valence-electron chi connectivity index (χ4n) is 0.747. The molecule has 0 aromatic heterocycles. The average molecular weight is 270 g/mol. The third kappa shape index (κ3) is 4.09. The summed E-state index contributed by atoms with van der Waals surface area (Å²) in [6.07, 6.45) is 0. The zero-order valence-corrected chi connectivity index (χ0v) is 10.1. The number of halogens is 3. The van der Waals surface area contributed by atoms with Crippen LogP contribution in [0.4, 0.5) is 0 Å². The molecule has 0 atom stereocenters. The summed E-state index contributed by atoms with van der Waals surface area (Å²) in [5.41, 5.74) is 0. The normalized spacial score (nSPS) is 11.4. The number of carbonyl (C=O) groups is 1. The second-order valence-electron chi connectivity index (χ2n) is 2.52. The Bertz CT molecular complexity index is 308. The van der Waals surface area contributed by atoms with E-state index in [1.807, 2.05) is 30.3 Å². The van der Waals surface area contributed by atoms with Gasteiger partial charge in [-0.05, 0) is 12.1 Å². The molecule has 0 aliphatic heterocycles. The van der Waals surface area contributed by atoms with Gasteiger partial charge in [0.05, 0.1) is 5.75 Å². The van der Waals surface area contributed by atoms with Crippen LogP contribution in [0.3, 0.4) is 0 Å². The third-order valence-electron chi connectivity index (χ3n) is 1.43. The molecule has 0 heterocycles. The molecule has 0 aliphatic rings. The van der Waals surface area contributed by atoms with E-state index in [1.54, 1.807) is 0 Å². The Hall–Kier alpha value is 0.110. The van der Waals surface area contributed by atoms with Crippen LogP contribution in [0.25, 0.3) is 0 Å². The Morgan fingerprint density at radius 1 is 1.21 bits per heavy atom. The Balaban J connectivity index is 2.46. The summed E-state index contributed by atoms with van der Waals surface area (Å²) < 4.78 is -1.80. The van der Waals surface area contributed by atoms with Crippen molar-refractivity contribution in [3.63, 3.8) is 0 Å². The van der Waals surface area contributed by atoms with Crippen molar-refractivity contribution in [2.75, 3.05) is 5.75 Å². The number of alkyl halides is 3. The summed E-state index contributed by atoms with van der Waals surface area (Å²) in [6.45, 7) is 0. The number of carbonyl (C=O) groups excluding carboxylic acids is 1. The minimum absolute atomic E-state index is 0.167. The molecule has 1 aromatic carbocycles. The van der Waals surface area contributed by atoms with Gasteiger partial charge in [0, 0.05) is 4.90 Å². The van der Waals surface area contributed by atoms with Crippen molar-refractivity contribution in [2.24, 2.45) is 0 Å². The van der Waals surface area contributed by atoms with Crippen molar-refractivity contribution < 1.29 is 4.79 Å². The van der Waals surface area contributed by atoms with E-state index >= 15 is 0 Å². The molecular formula is C9H7Cl3OS. The van der Waals surface area contributed by atoms with Crippen molar-refractivity contribution in [1.82, 2.24) is 0 Å². The maximum absolute atomic E-state index is 11.2. The maximum Gasteiger partial charge on any atom is 0.249 e. The lowest BCUT2D eigenvalue weighted by Crippen LogP contribution is -2.20. The molecule has 0 unspecified atom stereocenters. The quantitative estimate of drug-likeness (QED) is 0.614. The molecule has 0 bridgehead atoms. The number of ketones is 1. The topological polar surface area (TPSA) is 17.1 Å². The van der Waals surface area contributed by atoms with Crippen molar-refractivity contribution in [1.29, 1.82) is 0 Å². The zero-order valence-electron chi connectivity index (χ0n) is 7.04. The van der Waals surface area contributed by atoms with Gasteiger partial charge in [-0.1, -0.05) is 53.0 Å². The van der Waals surface area contributed by atoms with Crippen LogP contribution in [0.1, 0.15) is 0 Å². The molecule has 0 saturated carbocycles. The second-order valence-corrected chi connectivity index (χ2v) is 5.85. The molecule has 0 fully saturated rings. The fraction of sp³-hybridized carbons (Fsp3) is 0.222. The largest absolute Gasteiger partial charge is 0.294 e. The Labute approximate surface area is 102 Å². The van der Waals surface area contributed by atoms with Gasteiger partial charge in [0.2, 0.25) is 3.79 Å². The lowest BCUT2D eigenvalue weighted by molar-refractivity contribution is -0.115. The number of hydrogen-bond donors (Lipinski definition) is 0. The van der Waals surface area contributed by atoms with Gasteiger partial charge in [-0.15, -0.1) is 11.8 Å². The van der Waals surface area contributed by atoms with E-state index in [4.69, 9.17) is 34.8 Å². The Morgan fingerprint density at radius 3 is 2.29 bits per heavy atom. The van der Waals surface area contributed by atoms with E-state index < -0.39 is 9.58 Å². The van der Waals surface area contributed by atoms with Crippen LogP contribution in [-0.2, 0) is 4.79 Å². The van der Waals surface area contributed by atoms with E-state index in [2.05, 4.69) is 0 Å². The lowest BCUT2D eigenvalue weighted by Gasteiger charge is -2.08. The molecular weight excluding hydrogens is 263 g/mol. The molecule has 0 amide bonds. The molecule has 5 heteroatoms. The minimum Gasteiger partial charge on any atom is -0.294 e. The predicted molar refractivity (Wildman–Crippen MR) is 62.5 cm³/mol. The first kappa shape index (κ1) is 12.2. The monoisotopic (exact) mass is 268 g/mol. The van der Waals surface area contributed by atoms with E-state index in [0.717, 1.165) is 4.90 Å². The SMILES string of the molecule is O=C(CSc1ccccc1)C(Cl)(Cl)Cl. The number of thioether (sulfide) groups is 1. The number of rotatable bonds is 3. The highest BCUT2D eigenvalue weighted by atomic mass is 35.6. The summed E-state index contributed by atoms with van der Waals surface area (Å²) in [4.78, 5) is 12.2. The zero-order chi connectivity index (χ0) is 10.6. The first-order chi connectivity index (χ1) is 6.50. The van der Waals surface area contributed by atoms with E-state index in [1.165, 1.54) is 11.8 Å². The van der Waals surface area contributed by atoms with Crippen LogP contribution in [0.15, 0.2) is 35.2 Å². The highest BCUT2D eigenvalue weighted by Crippen LogP contribution is 2.30. The van der Waals surface area contributed by atoms with Crippen molar-refractivity contribution in [2.45, 2.75) is 8.69 Å². The van der Waals surface area contributed by atoms with Crippen LogP contribution >= 0.6 is 46.6 Å². The van der Waals surface area contributed by atoms with Gasteiger partial charge in [0.1, 0.15) is 0 Å². The minimum atomic E-state index is -1.80. The molecule has 14 heavy (non-hydrogen) atoms. The second kappa shape index (κ2) is 5.26. The van der Waals surface area contributed by atoms with Crippen LogP contribution < -0.4 is 0 Å². The van der Waals surface area contributed by atoms with Crippen molar-refractivity contribution in [3.8, 4) is 0 Å². The highest BCUT2D eigenvalue weighted by molar-refractivity contribution is 8.00. The maximum atomic E-state index is 11.2. The lowest BCUT2D eigenvalue weighted by atomic mass is 10.4. The van der Waals surface area contributed by atoms with Gasteiger partial charge in [-0.2, -0.15) is 0 Å². The summed E-state index contributed by atoms with van der Waals surface area (Å²) in [7, 11) is 0. The molecule has 0 radical (unpaired) electrons. The summed E-state index contributed by atoms with van der Waals surface area (Å²) in [5, 5.41) is 0. The highest BCUT2D eigenvalue weighted by Gasteiger charge is 2.29. The molecule has 76 valence electrons. The molecule has 0 aliphatic carbocycles. The molecule has 1 rings (SSSR count). The third-order valence-corrected chi connectivity index (χ3v) is 3.07. The molecule has 1 nitrogen and oxygen atoms in total. The molecule has 0 spiro atoms. The van der Waals surface area contributed by atoms with Crippen LogP contribution in [0, 0.1) is 0 Å². The van der Waals surface area contributed by atoms with Gasteiger partial charge < -0.3 is 0 Å². The van der Waals surface area contributed by atoms with E-state index in [9.17, 15) is 4.79 Å². The Kier molecular flexibility index (Phi) is 4.58. The van der Waals surface area contributed by atoms with E-state index in [0.29, 0.717) is 0 Å². The number of benzene rings is 1. The van der Waals surface area contributed by atoms with Crippen molar-refractivity contribution in [3.05, 3.63) is 30.3 Å². The first-order valence-electron chi connectivity index (χ1n) is 3.78. The summed E-state index contributed by atoms with van der Waals surface area (Å²) in [5.74, 6) is -0.239. The van der Waals surface area contributed by atoms with Crippen LogP contribution in [0.5, 0.6) is 0 Å². The van der Waals surface area contributed by atoms with Gasteiger partial charge in [0.15, 0.2) is 5.78 Å². The molecule has 1 aromatic rings. The van der Waals surface area contributed by atoms with Crippen LogP contribution in [0.2, 0.25) is 0 Å². The predicted octanol–water partition coefficient (Wildman–Crippen LogP) is 3.72. The number of Topliss-reactive ketones (excluding diaryl/α,β-unsaturated/α-hetero) is 1. The van der Waals surface area contributed by atoms with Crippen LogP contribution in [-0.4, -0.2) is 15.3 Å². The summed E-state index contributed by atoms with van der Waals surface area (Å²) in [6, 6.07) is 9.48. The number of hydrogen-bond acceptors (Lipinski definition) is 2. The smallest absolute Gasteiger partial charge is 0.249 e. The standard InChI is InChI=1S/C9H7Cl3OS/c10-9(11,12)8(13)6-14-7-4-2-1-3-5-7/h1-5H,6H2. The van der Waals surface area contributed by atoms with Gasteiger partial charge in [-0.3, -0.25) is 4.79 Å². The van der Waals surface area contributed by atoms with Crippen molar-refractivity contribution >= 4 is 52.3 Å². The van der Waals surface area contributed by atoms with Gasteiger partial charge in [-0.25, -0.2) is 0 Å². The van der Waals surface area contributed by atoms with Gasteiger partial charge >= 0.3 is 0 Å². The fourth-order valence-corrected chi connectivity index (χ4v) is 2.05. The van der Waals surface area contributed by atoms with E-state index in [-0.39, 0.29) is 5.75 Å². The van der Waals surface area contributed by atoms with Gasteiger partial charge in [0.25, 0.3) is 0 Å². The molecule has 0 N–H and O–H groups in total. The average Bonchev–Trinajstić information content (AvgIpc) is 2.14.